The van der Waals surface area contributed by atoms with Crippen molar-refractivity contribution in [1.82, 2.24) is 10.2 Å². The summed E-state index contributed by atoms with van der Waals surface area (Å²) < 4.78 is 0.960. The Bertz CT molecular complexity index is 461. The highest BCUT2D eigenvalue weighted by molar-refractivity contribution is 9.11. The van der Waals surface area contributed by atoms with Gasteiger partial charge < -0.3 is 10.2 Å². The summed E-state index contributed by atoms with van der Waals surface area (Å²) in [4.78, 5) is 25.9. The number of nitrogens with one attached hydrogen (secondary N) is 1. The van der Waals surface area contributed by atoms with Crippen LogP contribution < -0.4 is 5.32 Å². The quantitative estimate of drug-likeness (QED) is 0.904. The van der Waals surface area contributed by atoms with Gasteiger partial charge in [-0.15, -0.1) is 11.3 Å². The molecule has 0 bridgehead atoms. The predicted molar refractivity (Wildman–Crippen MR) is 74.8 cm³/mol. The van der Waals surface area contributed by atoms with Crippen LogP contribution in [-0.2, 0) is 4.79 Å². The van der Waals surface area contributed by atoms with E-state index in [1.807, 2.05) is 17.0 Å². The van der Waals surface area contributed by atoms with Gasteiger partial charge in [-0.3, -0.25) is 9.59 Å². The molecule has 1 saturated heterocycles. The van der Waals surface area contributed by atoms with Crippen molar-refractivity contribution in [1.29, 1.82) is 0 Å². The van der Waals surface area contributed by atoms with E-state index in [0.717, 1.165) is 28.0 Å². The molecule has 2 rings (SSSR count). The molecule has 0 aliphatic carbocycles. The van der Waals surface area contributed by atoms with Gasteiger partial charge in [0.15, 0.2) is 0 Å². The summed E-state index contributed by atoms with van der Waals surface area (Å²) in [5.74, 6) is 0.0221. The van der Waals surface area contributed by atoms with Gasteiger partial charge in [0.2, 0.25) is 5.91 Å². The molecule has 1 unspecified atom stereocenters. The van der Waals surface area contributed by atoms with Gasteiger partial charge in [-0.2, -0.15) is 0 Å². The maximum Gasteiger partial charge on any atom is 0.264 e. The van der Waals surface area contributed by atoms with Crippen LogP contribution in [0.25, 0.3) is 0 Å². The minimum atomic E-state index is -0.0341. The van der Waals surface area contributed by atoms with E-state index in [1.165, 1.54) is 18.3 Å². The lowest BCUT2D eigenvalue weighted by atomic mass is 10.1. The zero-order valence-electron chi connectivity index (χ0n) is 10.1. The Hall–Kier alpha value is -0.880. The summed E-state index contributed by atoms with van der Waals surface area (Å²) >= 11 is 4.80. The Morgan fingerprint density at radius 3 is 2.89 bits per heavy atom. The SMILES string of the molecule is CC(=O)NC1CCCN(C(=O)c2ccc(Br)s2)C1. The second-order valence-electron chi connectivity index (χ2n) is 4.39. The fraction of sp³-hybridized carbons (Fsp3) is 0.500. The van der Waals surface area contributed by atoms with Gasteiger partial charge in [0.25, 0.3) is 5.91 Å². The Morgan fingerprint density at radius 2 is 2.28 bits per heavy atom. The van der Waals surface area contributed by atoms with Crippen LogP contribution in [-0.4, -0.2) is 35.8 Å². The monoisotopic (exact) mass is 330 g/mol. The molecule has 4 nitrogen and oxygen atoms in total. The molecule has 1 aromatic rings. The standard InChI is InChI=1S/C12H15BrN2O2S/c1-8(16)14-9-3-2-6-15(7-9)12(17)10-4-5-11(13)18-10/h4-5,9H,2-3,6-7H2,1H3,(H,14,16). The second kappa shape index (κ2) is 5.84. The lowest BCUT2D eigenvalue weighted by Gasteiger charge is -2.32. The lowest BCUT2D eigenvalue weighted by Crippen LogP contribution is -2.49. The Balaban J connectivity index is 2.00. The molecule has 2 amide bonds. The molecule has 1 N–H and O–H groups in total. The van der Waals surface area contributed by atoms with E-state index in [0.29, 0.717) is 6.54 Å². The zero-order chi connectivity index (χ0) is 13.1. The topological polar surface area (TPSA) is 49.4 Å². The van der Waals surface area contributed by atoms with E-state index in [2.05, 4.69) is 21.2 Å². The highest BCUT2D eigenvalue weighted by atomic mass is 79.9. The third kappa shape index (κ3) is 3.32. The normalized spacial score (nSPS) is 19.7. The van der Waals surface area contributed by atoms with Crippen molar-refractivity contribution in [3.8, 4) is 0 Å². The van der Waals surface area contributed by atoms with E-state index in [4.69, 9.17) is 0 Å². The Kier molecular flexibility index (Phi) is 4.40. The van der Waals surface area contributed by atoms with Crippen LogP contribution in [0.5, 0.6) is 0 Å². The van der Waals surface area contributed by atoms with E-state index in [1.54, 1.807) is 0 Å². The maximum absolute atomic E-state index is 12.2. The van der Waals surface area contributed by atoms with Gasteiger partial charge >= 0.3 is 0 Å². The van der Waals surface area contributed by atoms with Gasteiger partial charge in [-0.1, -0.05) is 0 Å². The second-order valence-corrected chi connectivity index (χ2v) is 6.86. The molecule has 1 aliphatic heterocycles. The van der Waals surface area contributed by atoms with E-state index < -0.39 is 0 Å². The van der Waals surface area contributed by atoms with E-state index in [-0.39, 0.29) is 17.9 Å². The fourth-order valence-electron chi connectivity index (χ4n) is 2.15. The van der Waals surface area contributed by atoms with Crippen LogP contribution >= 0.6 is 27.3 Å². The van der Waals surface area contributed by atoms with Crippen LogP contribution in [0.1, 0.15) is 29.4 Å². The van der Waals surface area contributed by atoms with Crippen molar-refractivity contribution in [2.45, 2.75) is 25.8 Å². The van der Waals surface area contributed by atoms with Crippen molar-refractivity contribution in [3.05, 3.63) is 20.8 Å². The number of thiophene rings is 1. The third-order valence-corrected chi connectivity index (χ3v) is 4.51. The first-order chi connectivity index (χ1) is 8.56. The van der Waals surface area contributed by atoms with E-state index in [9.17, 15) is 9.59 Å². The van der Waals surface area contributed by atoms with Crippen LogP contribution in [0.2, 0.25) is 0 Å². The highest BCUT2D eigenvalue weighted by Gasteiger charge is 2.25. The molecule has 1 aromatic heterocycles. The van der Waals surface area contributed by atoms with Crippen molar-refractivity contribution in [2.24, 2.45) is 0 Å². The first kappa shape index (κ1) is 13.5. The molecular formula is C12H15BrN2O2S. The smallest absolute Gasteiger partial charge is 0.264 e. The number of rotatable bonds is 2. The lowest BCUT2D eigenvalue weighted by molar-refractivity contribution is -0.120. The minimum Gasteiger partial charge on any atom is -0.352 e. The summed E-state index contributed by atoms with van der Waals surface area (Å²) in [6, 6.07) is 3.80. The Labute approximate surface area is 118 Å². The van der Waals surface area contributed by atoms with Crippen molar-refractivity contribution in [3.63, 3.8) is 0 Å². The largest absolute Gasteiger partial charge is 0.352 e. The molecule has 0 saturated carbocycles. The third-order valence-electron chi connectivity index (χ3n) is 2.90. The molecule has 0 radical (unpaired) electrons. The van der Waals surface area contributed by atoms with Crippen LogP contribution in [0, 0.1) is 0 Å². The Morgan fingerprint density at radius 1 is 1.50 bits per heavy atom. The van der Waals surface area contributed by atoms with Gasteiger partial charge in [-0.05, 0) is 40.9 Å². The average molecular weight is 331 g/mol. The summed E-state index contributed by atoms with van der Waals surface area (Å²) in [6.45, 7) is 2.88. The molecule has 98 valence electrons. The van der Waals surface area contributed by atoms with Gasteiger partial charge in [0.1, 0.15) is 0 Å². The van der Waals surface area contributed by atoms with Gasteiger partial charge in [0.05, 0.1) is 8.66 Å². The number of carbonyl (C=O) groups is 2. The molecule has 18 heavy (non-hydrogen) atoms. The first-order valence-corrected chi connectivity index (χ1v) is 7.49. The van der Waals surface area contributed by atoms with Crippen molar-refractivity contribution < 1.29 is 9.59 Å². The average Bonchev–Trinajstić information content (AvgIpc) is 2.74. The summed E-state index contributed by atoms with van der Waals surface area (Å²) in [7, 11) is 0. The molecule has 1 atom stereocenters. The van der Waals surface area contributed by atoms with E-state index >= 15 is 0 Å². The molecule has 0 aromatic carbocycles. The molecule has 2 heterocycles. The maximum atomic E-state index is 12.2. The first-order valence-electron chi connectivity index (χ1n) is 5.88. The van der Waals surface area contributed by atoms with Crippen molar-refractivity contribution >= 4 is 39.1 Å². The summed E-state index contributed by atoms with van der Waals surface area (Å²) in [6.07, 6.45) is 1.88. The van der Waals surface area contributed by atoms with Gasteiger partial charge in [0, 0.05) is 26.1 Å². The predicted octanol–water partition coefficient (Wildman–Crippen LogP) is 2.25. The number of carbonyl (C=O) groups excluding carboxylic acids is 2. The fourth-order valence-corrected chi connectivity index (χ4v) is 3.51. The number of hydrogen-bond donors (Lipinski definition) is 1. The van der Waals surface area contributed by atoms with Crippen LogP contribution in [0.3, 0.4) is 0 Å². The minimum absolute atomic E-state index is 0.0341. The van der Waals surface area contributed by atoms with Crippen molar-refractivity contribution in [2.75, 3.05) is 13.1 Å². The number of nitrogens with zero attached hydrogens (tertiary/aromatic N) is 1. The number of amides is 2. The summed E-state index contributed by atoms with van der Waals surface area (Å²) in [5, 5.41) is 2.88. The molecule has 6 heteroatoms. The van der Waals surface area contributed by atoms with Crippen LogP contribution in [0.15, 0.2) is 15.9 Å². The van der Waals surface area contributed by atoms with Crippen LogP contribution in [0.4, 0.5) is 0 Å². The number of halogens is 1. The number of hydrogen-bond acceptors (Lipinski definition) is 3. The highest BCUT2D eigenvalue weighted by Crippen LogP contribution is 2.24. The summed E-state index contributed by atoms with van der Waals surface area (Å²) in [5.41, 5.74) is 0. The van der Waals surface area contributed by atoms with Gasteiger partial charge in [-0.25, -0.2) is 0 Å². The number of likely N-dealkylation sites (tertiary alicyclic amines) is 1. The zero-order valence-corrected chi connectivity index (χ0v) is 12.5. The molecule has 0 spiro atoms. The molecule has 1 fully saturated rings. The molecular weight excluding hydrogens is 316 g/mol. The molecule has 1 aliphatic rings. The number of piperidine rings is 1.